The van der Waals surface area contributed by atoms with Crippen molar-refractivity contribution in [2.24, 2.45) is 0 Å². The highest BCUT2D eigenvalue weighted by Gasteiger charge is 2.30. The number of phosphoric acid groups is 1. The predicted molar refractivity (Wildman–Crippen MR) is 314 cm³/mol. The number of carbonyl (C=O) groups excluding carboxylic acids is 2. The summed E-state index contributed by atoms with van der Waals surface area (Å²) in [5, 5.41) is 3.05. The highest BCUT2D eigenvalue weighted by atomic mass is 31.2. The largest absolute Gasteiger partial charge is 0.472 e. The van der Waals surface area contributed by atoms with Crippen LogP contribution < -0.4 is 5.32 Å². The van der Waals surface area contributed by atoms with Crippen LogP contribution in [0.25, 0.3) is 0 Å². The molecule has 3 unspecified atom stereocenters. The first kappa shape index (κ1) is 70.7. The zero-order chi connectivity index (χ0) is 53.6. The smallest absolute Gasteiger partial charge is 0.456 e. The highest BCUT2D eigenvalue weighted by Crippen LogP contribution is 2.43. The van der Waals surface area contributed by atoms with E-state index in [1.165, 1.54) is 161 Å². The second-order valence-electron chi connectivity index (χ2n) is 21.9. The summed E-state index contributed by atoms with van der Waals surface area (Å²) in [5.74, 6) is -0.529. The number of hydrogen-bond acceptors (Lipinski definition) is 6. The Bertz CT molecular complexity index is 1440. The van der Waals surface area contributed by atoms with Gasteiger partial charge in [0.2, 0.25) is 5.91 Å². The maximum Gasteiger partial charge on any atom is 0.472 e. The third-order valence-electron chi connectivity index (χ3n) is 13.4. The van der Waals surface area contributed by atoms with Gasteiger partial charge in [0, 0.05) is 12.8 Å². The Morgan fingerprint density at radius 3 is 1.29 bits per heavy atom. The van der Waals surface area contributed by atoms with E-state index in [0.29, 0.717) is 23.9 Å². The van der Waals surface area contributed by atoms with Crippen molar-refractivity contribution < 1.29 is 37.3 Å². The van der Waals surface area contributed by atoms with Crippen molar-refractivity contribution in [3.63, 3.8) is 0 Å². The quantitative estimate of drug-likeness (QED) is 0.0205. The van der Waals surface area contributed by atoms with Gasteiger partial charge in [0.15, 0.2) is 0 Å². The summed E-state index contributed by atoms with van der Waals surface area (Å²) < 4.78 is 30.6. The zero-order valence-corrected chi connectivity index (χ0v) is 49.5. The van der Waals surface area contributed by atoms with Crippen molar-refractivity contribution >= 4 is 19.7 Å². The molecular weight excluding hydrogens is 928 g/mol. The number of hydrogen-bond donors (Lipinski definition) is 2. The molecule has 9 nitrogen and oxygen atoms in total. The Morgan fingerprint density at radius 1 is 0.479 bits per heavy atom. The molecule has 0 saturated carbocycles. The first-order valence-corrected chi connectivity index (χ1v) is 32.1. The fourth-order valence-electron chi connectivity index (χ4n) is 8.65. The van der Waals surface area contributed by atoms with Crippen LogP contribution >= 0.6 is 7.82 Å². The average molecular weight is 1050 g/mol. The van der Waals surface area contributed by atoms with Gasteiger partial charge in [-0.1, -0.05) is 230 Å². The van der Waals surface area contributed by atoms with Gasteiger partial charge in [-0.25, -0.2) is 4.57 Å². The first-order chi connectivity index (χ1) is 35.4. The van der Waals surface area contributed by atoms with Crippen LogP contribution in [0.15, 0.2) is 60.8 Å². The molecule has 0 aromatic rings. The Labute approximate surface area is 451 Å². The van der Waals surface area contributed by atoms with E-state index >= 15 is 0 Å². The molecule has 0 aromatic carbocycles. The molecule has 0 radical (unpaired) electrons. The van der Waals surface area contributed by atoms with Gasteiger partial charge in [0.1, 0.15) is 19.3 Å². The van der Waals surface area contributed by atoms with E-state index in [9.17, 15) is 19.0 Å². The van der Waals surface area contributed by atoms with Gasteiger partial charge in [-0.15, -0.1) is 0 Å². The Morgan fingerprint density at radius 2 is 0.836 bits per heavy atom. The molecule has 3 atom stereocenters. The number of likely N-dealkylation sites (N-methyl/N-ethyl adjacent to an activating group) is 1. The Balaban J connectivity index is 5.27. The number of ether oxygens (including phenoxy) is 1. The average Bonchev–Trinajstić information content (AvgIpc) is 3.35. The lowest BCUT2D eigenvalue weighted by molar-refractivity contribution is -0.870. The molecule has 0 spiro atoms. The fourth-order valence-corrected chi connectivity index (χ4v) is 9.38. The molecule has 0 saturated heterocycles. The molecule has 1 amide bonds. The lowest BCUT2D eigenvalue weighted by Gasteiger charge is -2.27. The van der Waals surface area contributed by atoms with Crippen LogP contribution in [-0.4, -0.2) is 74.3 Å². The van der Waals surface area contributed by atoms with E-state index in [-0.39, 0.29) is 31.5 Å². The zero-order valence-electron chi connectivity index (χ0n) is 48.6. The van der Waals surface area contributed by atoms with Gasteiger partial charge >= 0.3 is 13.8 Å². The third kappa shape index (κ3) is 54.3. The van der Waals surface area contributed by atoms with Crippen LogP contribution in [0.5, 0.6) is 0 Å². The number of amides is 1. The van der Waals surface area contributed by atoms with Gasteiger partial charge in [0.25, 0.3) is 0 Å². The number of unbranched alkanes of at least 4 members (excludes halogenated alkanes) is 31. The summed E-state index contributed by atoms with van der Waals surface area (Å²) in [5.41, 5.74) is 0. The van der Waals surface area contributed by atoms with Crippen molar-refractivity contribution in [3.05, 3.63) is 60.8 Å². The molecule has 0 aliphatic heterocycles. The maximum absolute atomic E-state index is 13.5. The van der Waals surface area contributed by atoms with E-state index in [0.717, 1.165) is 77.0 Å². The Hall–Kier alpha value is -2.29. The minimum absolute atomic E-state index is 0.0351. The van der Waals surface area contributed by atoms with Gasteiger partial charge in [-0.2, -0.15) is 0 Å². The van der Waals surface area contributed by atoms with E-state index < -0.39 is 20.0 Å². The van der Waals surface area contributed by atoms with Crippen molar-refractivity contribution in [2.45, 2.75) is 290 Å². The minimum atomic E-state index is -4.45. The summed E-state index contributed by atoms with van der Waals surface area (Å²) in [6.45, 7) is 6.97. The van der Waals surface area contributed by atoms with Gasteiger partial charge < -0.3 is 19.4 Å². The molecule has 10 heteroatoms. The van der Waals surface area contributed by atoms with Crippen LogP contribution in [0.1, 0.15) is 278 Å². The van der Waals surface area contributed by atoms with Crippen molar-refractivity contribution in [1.82, 2.24) is 5.32 Å². The molecule has 0 aliphatic rings. The van der Waals surface area contributed by atoms with Crippen LogP contribution in [0, 0.1) is 0 Å². The summed E-state index contributed by atoms with van der Waals surface area (Å²) in [6, 6.07) is -0.859. The number of quaternary nitrogens is 1. The number of carbonyl (C=O) groups is 2. The monoisotopic (exact) mass is 1050 g/mol. The fraction of sp³-hybridized carbons (Fsp3) is 0.810. The van der Waals surface area contributed by atoms with Gasteiger partial charge in [-0.05, 0) is 96.0 Å². The predicted octanol–water partition coefficient (Wildman–Crippen LogP) is 18.7. The molecule has 73 heavy (non-hydrogen) atoms. The molecule has 0 aromatic heterocycles. The summed E-state index contributed by atoms with van der Waals surface area (Å²) in [6.07, 6.45) is 66.4. The van der Waals surface area contributed by atoms with Crippen LogP contribution in [0.2, 0.25) is 0 Å². The minimum Gasteiger partial charge on any atom is -0.456 e. The number of esters is 1. The molecule has 2 N–H and O–H groups in total. The highest BCUT2D eigenvalue weighted by molar-refractivity contribution is 7.47. The van der Waals surface area contributed by atoms with E-state index in [1.54, 1.807) is 0 Å². The second-order valence-corrected chi connectivity index (χ2v) is 23.3. The van der Waals surface area contributed by atoms with E-state index in [1.807, 2.05) is 33.3 Å². The molecule has 0 fully saturated rings. The summed E-state index contributed by atoms with van der Waals surface area (Å²) in [4.78, 5) is 37.6. The van der Waals surface area contributed by atoms with Crippen LogP contribution in [-0.2, 0) is 27.9 Å². The summed E-state index contributed by atoms with van der Waals surface area (Å²) in [7, 11) is 1.48. The maximum atomic E-state index is 13.5. The van der Waals surface area contributed by atoms with E-state index in [4.69, 9.17) is 13.8 Å². The molecule has 426 valence electrons. The number of nitrogens with zero attached hydrogens (tertiary/aromatic N) is 1. The first-order valence-electron chi connectivity index (χ1n) is 30.6. The Kier molecular flexibility index (Phi) is 51.5. The standard InChI is InChI=1S/C63H117N2O7P/c1-7-10-13-16-19-22-25-27-29-31-32-34-35-37-40-43-46-49-52-55-62(66)64-60(59-71-73(68,69)70-58-57-65(4,5)6)61(54-51-48-45-42-39-24-21-18-15-12-9-3)72-63(67)56-53-50-47-44-41-38-36-33-30-28-26-23-20-17-14-11-8-2/h20,23,27-30,36,38,51,54,60-61H,7-19,21-22,24-26,31-35,37,39-50,52-53,55-59H2,1-6H3,(H-,64,66,68,69)/p+1/b23-20-,29-27+,30-28-,38-36-,54-51+. The van der Waals surface area contributed by atoms with Crippen LogP contribution in [0.3, 0.4) is 0 Å². The van der Waals surface area contributed by atoms with Gasteiger partial charge in [-0.3, -0.25) is 18.6 Å². The number of rotatable bonds is 55. The van der Waals surface area contributed by atoms with Crippen LogP contribution in [0.4, 0.5) is 0 Å². The number of phosphoric ester groups is 1. The lowest BCUT2D eigenvalue weighted by atomic mass is 10.0. The molecule has 0 aliphatic carbocycles. The second kappa shape index (κ2) is 53.1. The number of nitrogens with one attached hydrogen (secondary N) is 1. The van der Waals surface area contributed by atoms with Crippen molar-refractivity contribution in [2.75, 3.05) is 40.9 Å². The van der Waals surface area contributed by atoms with Crippen molar-refractivity contribution in [3.8, 4) is 0 Å². The SMILES string of the molecule is CCCCC/C=C\C/C=C\C/C=C\CCCCCCC(=O)OC(/C=C/CCCCCCCCCCC)C(COP(=O)(O)OCC[N+](C)(C)C)NC(=O)CCCCCCCCCCC/C=C/CCCCCCCC. The normalized spacial score (nSPS) is 14.1. The van der Waals surface area contributed by atoms with Crippen molar-refractivity contribution in [1.29, 1.82) is 0 Å². The molecule has 0 rings (SSSR count). The third-order valence-corrected chi connectivity index (χ3v) is 14.4. The van der Waals surface area contributed by atoms with Gasteiger partial charge in [0.05, 0.1) is 33.8 Å². The lowest BCUT2D eigenvalue weighted by Crippen LogP contribution is -2.47. The summed E-state index contributed by atoms with van der Waals surface area (Å²) >= 11 is 0. The topological polar surface area (TPSA) is 111 Å². The molecule has 0 heterocycles. The number of allylic oxidation sites excluding steroid dienone is 9. The molecule has 0 bridgehead atoms. The molecular formula is C63H118N2O7P+. The van der Waals surface area contributed by atoms with E-state index in [2.05, 4.69) is 74.7 Å².